The number of benzene rings is 1. The molecule has 0 aliphatic carbocycles. The minimum absolute atomic E-state index is 0.314. The molecule has 1 amide bonds. The van der Waals surface area contributed by atoms with Crippen molar-refractivity contribution in [3.05, 3.63) is 28.7 Å². The van der Waals surface area contributed by atoms with E-state index < -0.39 is 11.9 Å². The second-order valence-corrected chi connectivity index (χ2v) is 3.70. The first-order valence-corrected chi connectivity index (χ1v) is 4.85. The van der Waals surface area contributed by atoms with Crippen LogP contribution in [0.4, 0.5) is 5.69 Å². The maximum atomic E-state index is 10.8. The van der Waals surface area contributed by atoms with Gasteiger partial charge in [0, 0.05) is 10.2 Å². The van der Waals surface area contributed by atoms with E-state index in [1.807, 2.05) is 12.1 Å². The highest BCUT2D eigenvalue weighted by molar-refractivity contribution is 9.10. The smallest absolute Gasteiger partial charge is 0.242 e. The van der Waals surface area contributed by atoms with Crippen LogP contribution in [0.1, 0.15) is 0 Å². The number of carbonyl (C=O) groups is 1. The molecule has 0 radical (unpaired) electrons. The molecule has 0 aliphatic heterocycles. The summed E-state index contributed by atoms with van der Waals surface area (Å²) in [4.78, 5) is 10.8. The maximum Gasteiger partial charge on any atom is 0.242 e. The van der Waals surface area contributed by atoms with Gasteiger partial charge in [0.25, 0.3) is 0 Å². The molecule has 0 saturated carbocycles. The fraction of sp³-hybridized carbons (Fsp3) is 0.222. The molecule has 5 heteroatoms. The minimum atomic E-state index is -0.740. The molecule has 0 fully saturated rings. The van der Waals surface area contributed by atoms with Crippen molar-refractivity contribution in [2.75, 3.05) is 11.9 Å². The number of primary amides is 1. The van der Waals surface area contributed by atoms with E-state index in [0.29, 0.717) is 0 Å². The number of aliphatic hydroxyl groups is 1. The molecule has 1 atom stereocenters. The van der Waals surface area contributed by atoms with Gasteiger partial charge in [0.2, 0.25) is 5.91 Å². The molecule has 0 heterocycles. The standard InChI is InChI=1S/C9H11BrN2O2/c10-6-1-3-7(4-2-6)12-8(5-13)9(11)14/h1-4,8,12-13H,5H2,(H2,11,14). The van der Waals surface area contributed by atoms with E-state index in [1.54, 1.807) is 12.1 Å². The Morgan fingerprint density at radius 1 is 1.50 bits per heavy atom. The molecule has 1 aromatic carbocycles. The van der Waals surface area contributed by atoms with Crippen molar-refractivity contribution in [1.29, 1.82) is 0 Å². The highest BCUT2D eigenvalue weighted by atomic mass is 79.9. The molecule has 1 aromatic rings. The number of rotatable bonds is 4. The van der Waals surface area contributed by atoms with Crippen molar-refractivity contribution in [1.82, 2.24) is 0 Å². The summed E-state index contributed by atoms with van der Waals surface area (Å²) < 4.78 is 0.947. The van der Waals surface area contributed by atoms with Crippen LogP contribution in [0, 0.1) is 0 Å². The van der Waals surface area contributed by atoms with E-state index in [2.05, 4.69) is 21.2 Å². The molecule has 1 rings (SSSR count). The summed E-state index contributed by atoms with van der Waals surface area (Å²) in [6, 6.07) is 6.50. The number of hydrogen-bond donors (Lipinski definition) is 3. The number of nitrogens with two attached hydrogens (primary N) is 1. The molecular weight excluding hydrogens is 248 g/mol. The number of carbonyl (C=O) groups excluding carboxylic acids is 1. The first kappa shape index (κ1) is 11.0. The number of aliphatic hydroxyl groups excluding tert-OH is 1. The molecule has 0 bridgehead atoms. The van der Waals surface area contributed by atoms with Gasteiger partial charge in [-0.1, -0.05) is 15.9 Å². The van der Waals surface area contributed by atoms with E-state index in [-0.39, 0.29) is 6.61 Å². The normalized spacial score (nSPS) is 12.1. The summed E-state index contributed by atoms with van der Waals surface area (Å²) >= 11 is 3.29. The largest absolute Gasteiger partial charge is 0.394 e. The van der Waals surface area contributed by atoms with Crippen LogP contribution in [0.5, 0.6) is 0 Å². The molecule has 0 spiro atoms. The van der Waals surface area contributed by atoms with E-state index in [1.165, 1.54) is 0 Å². The Labute approximate surface area is 90.2 Å². The van der Waals surface area contributed by atoms with E-state index in [4.69, 9.17) is 10.8 Å². The van der Waals surface area contributed by atoms with Crippen molar-refractivity contribution in [3.8, 4) is 0 Å². The topological polar surface area (TPSA) is 75.4 Å². The van der Waals surface area contributed by atoms with Gasteiger partial charge in [-0.2, -0.15) is 0 Å². The molecule has 4 nitrogen and oxygen atoms in total. The lowest BCUT2D eigenvalue weighted by Crippen LogP contribution is -2.38. The maximum absolute atomic E-state index is 10.8. The third kappa shape index (κ3) is 3.01. The Kier molecular flexibility index (Phi) is 3.91. The molecule has 4 N–H and O–H groups in total. The van der Waals surface area contributed by atoms with Crippen molar-refractivity contribution in [3.63, 3.8) is 0 Å². The quantitative estimate of drug-likeness (QED) is 0.745. The second kappa shape index (κ2) is 4.97. The summed E-state index contributed by atoms with van der Waals surface area (Å²) in [7, 11) is 0. The number of nitrogens with one attached hydrogen (secondary N) is 1. The summed E-state index contributed by atoms with van der Waals surface area (Å²) in [6.45, 7) is -0.314. The first-order valence-electron chi connectivity index (χ1n) is 4.05. The fourth-order valence-corrected chi connectivity index (χ4v) is 1.22. The van der Waals surface area contributed by atoms with Gasteiger partial charge in [0.1, 0.15) is 6.04 Å². The van der Waals surface area contributed by atoms with Crippen molar-refractivity contribution >= 4 is 27.5 Å². The number of amides is 1. The summed E-state index contributed by atoms with van der Waals surface area (Å²) in [5.41, 5.74) is 5.80. The zero-order valence-electron chi connectivity index (χ0n) is 7.40. The highest BCUT2D eigenvalue weighted by Crippen LogP contribution is 2.14. The van der Waals surface area contributed by atoms with E-state index >= 15 is 0 Å². The van der Waals surface area contributed by atoms with Gasteiger partial charge >= 0.3 is 0 Å². The Hall–Kier alpha value is -1.07. The lowest BCUT2D eigenvalue weighted by Gasteiger charge is -2.13. The van der Waals surface area contributed by atoms with Gasteiger partial charge in [-0.25, -0.2) is 0 Å². The van der Waals surface area contributed by atoms with E-state index in [9.17, 15) is 4.79 Å². The summed E-state index contributed by atoms with van der Waals surface area (Å²) in [5.74, 6) is -0.574. The number of anilines is 1. The van der Waals surface area contributed by atoms with Crippen LogP contribution in [0.25, 0.3) is 0 Å². The van der Waals surface area contributed by atoms with Crippen LogP contribution >= 0.6 is 15.9 Å². The monoisotopic (exact) mass is 258 g/mol. The Morgan fingerprint density at radius 3 is 2.50 bits per heavy atom. The summed E-state index contributed by atoms with van der Waals surface area (Å²) in [5, 5.41) is 11.6. The molecule has 0 saturated heterocycles. The predicted octanol–water partition coefficient (Wildman–Crippen LogP) is 0.707. The first-order chi connectivity index (χ1) is 6.63. The summed E-state index contributed by atoms with van der Waals surface area (Å²) in [6.07, 6.45) is 0. The average Bonchev–Trinajstić information content (AvgIpc) is 2.16. The zero-order valence-corrected chi connectivity index (χ0v) is 8.99. The second-order valence-electron chi connectivity index (χ2n) is 2.79. The molecule has 14 heavy (non-hydrogen) atoms. The van der Waals surface area contributed by atoms with Gasteiger partial charge < -0.3 is 16.2 Å². The molecule has 0 aromatic heterocycles. The Bertz CT molecular complexity index is 313. The van der Waals surface area contributed by atoms with Gasteiger partial charge in [-0.15, -0.1) is 0 Å². The fourth-order valence-electron chi connectivity index (χ4n) is 0.954. The highest BCUT2D eigenvalue weighted by Gasteiger charge is 2.12. The Morgan fingerprint density at radius 2 is 2.07 bits per heavy atom. The van der Waals surface area contributed by atoms with Crippen molar-refractivity contribution < 1.29 is 9.90 Å². The van der Waals surface area contributed by atoms with Crippen molar-refractivity contribution in [2.45, 2.75) is 6.04 Å². The van der Waals surface area contributed by atoms with Crippen LogP contribution in [-0.4, -0.2) is 23.7 Å². The predicted molar refractivity (Wildman–Crippen MR) is 57.8 cm³/mol. The average molecular weight is 259 g/mol. The third-order valence-corrected chi connectivity index (χ3v) is 2.24. The van der Waals surface area contributed by atoms with E-state index in [0.717, 1.165) is 10.2 Å². The van der Waals surface area contributed by atoms with Gasteiger partial charge in [0.15, 0.2) is 0 Å². The van der Waals surface area contributed by atoms with Crippen LogP contribution in [0.2, 0.25) is 0 Å². The van der Waals surface area contributed by atoms with Crippen LogP contribution < -0.4 is 11.1 Å². The van der Waals surface area contributed by atoms with Gasteiger partial charge in [0.05, 0.1) is 6.61 Å². The van der Waals surface area contributed by atoms with Crippen LogP contribution in [0.15, 0.2) is 28.7 Å². The number of halogens is 1. The van der Waals surface area contributed by atoms with Crippen molar-refractivity contribution in [2.24, 2.45) is 5.73 Å². The number of hydrogen-bond acceptors (Lipinski definition) is 3. The Balaban J connectivity index is 2.67. The molecule has 1 unspecified atom stereocenters. The lowest BCUT2D eigenvalue weighted by molar-refractivity contribution is -0.119. The van der Waals surface area contributed by atoms with Gasteiger partial charge in [-0.3, -0.25) is 4.79 Å². The molecule has 0 aliphatic rings. The zero-order chi connectivity index (χ0) is 10.6. The van der Waals surface area contributed by atoms with Gasteiger partial charge in [-0.05, 0) is 24.3 Å². The SMILES string of the molecule is NC(=O)C(CO)Nc1ccc(Br)cc1. The lowest BCUT2D eigenvalue weighted by atomic mass is 10.2. The van der Waals surface area contributed by atoms with Crippen LogP contribution in [-0.2, 0) is 4.79 Å². The molecular formula is C9H11BrN2O2. The third-order valence-electron chi connectivity index (χ3n) is 1.71. The minimum Gasteiger partial charge on any atom is -0.394 e. The van der Waals surface area contributed by atoms with Crippen LogP contribution in [0.3, 0.4) is 0 Å². The molecule has 76 valence electrons.